The van der Waals surface area contributed by atoms with Crippen molar-refractivity contribution in [2.45, 2.75) is 6.92 Å². The number of likely N-dealkylation sites (N-methyl/N-ethyl adjacent to an activating group) is 1. The van der Waals surface area contributed by atoms with Gasteiger partial charge in [0.15, 0.2) is 0 Å². The van der Waals surface area contributed by atoms with Crippen molar-refractivity contribution in [1.29, 1.82) is 0 Å². The van der Waals surface area contributed by atoms with Crippen LogP contribution >= 0.6 is 0 Å². The van der Waals surface area contributed by atoms with Gasteiger partial charge >= 0.3 is 5.97 Å². The smallest absolute Gasteiger partial charge is 0.338 e. The molecular weight excluding hydrogens is 216 g/mol. The van der Waals surface area contributed by atoms with Crippen LogP contribution in [-0.4, -0.2) is 30.6 Å². The highest BCUT2D eigenvalue weighted by atomic mass is 16.5. The van der Waals surface area contributed by atoms with Crippen molar-refractivity contribution in [3.05, 3.63) is 42.6 Å². The van der Waals surface area contributed by atoms with Crippen LogP contribution in [-0.2, 0) is 4.74 Å². The molecule has 0 atom stereocenters. The average molecular weight is 234 g/mol. The van der Waals surface area contributed by atoms with Gasteiger partial charge in [0, 0.05) is 12.2 Å². The third-order valence-corrected chi connectivity index (χ3v) is 2.42. The maximum atomic E-state index is 11.6. The Morgan fingerprint density at radius 2 is 2.12 bits per heavy atom. The van der Waals surface area contributed by atoms with Gasteiger partial charge in [-0.05, 0) is 37.4 Å². The normalized spacial score (nSPS) is 9.71. The second-order valence-corrected chi connectivity index (χ2v) is 3.57. The molecule has 0 aliphatic carbocycles. The molecule has 0 fully saturated rings. The van der Waals surface area contributed by atoms with Gasteiger partial charge in [0.1, 0.15) is 6.61 Å². The average Bonchev–Trinajstić information content (AvgIpc) is 2.35. The molecule has 4 nitrogen and oxygen atoms in total. The van der Waals surface area contributed by atoms with E-state index in [0.29, 0.717) is 24.4 Å². The highest BCUT2D eigenvalue weighted by Crippen LogP contribution is 2.06. The molecule has 0 aliphatic heterocycles. The molecule has 1 aromatic rings. The number of carbonyl (C=O) groups is 1. The van der Waals surface area contributed by atoms with Crippen LogP contribution in [0.3, 0.4) is 0 Å². The van der Waals surface area contributed by atoms with Gasteiger partial charge in [-0.25, -0.2) is 4.79 Å². The zero-order chi connectivity index (χ0) is 12.7. The first-order valence-corrected chi connectivity index (χ1v) is 5.56. The molecule has 17 heavy (non-hydrogen) atoms. The van der Waals surface area contributed by atoms with E-state index in [0.717, 1.165) is 6.54 Å². The number of ether oxygens (including phenoxy) is 1. The second-order valence-electron chi connectivity index (χ2n) is 3.57. The lowest BCUT2D eigenvalue weighted by molar-refractivity contribution is 0.0482. The molecule has 0 saturated heterocycles. The summed E-state index contributed by atoms with van der Waals surface area (Å²) in [7, 11) is 0. The van der Waals surface area contributed by atoms with Gasteiger partial charge < -0.3 is 15.4 Å². The number of nitrogens with zero attached hydrogens (tertiary/aromatic N) is 1. The van der Waals surface area contributed by atoms with E-state index in [-0.39, 0.29) is 5.97 Å². The van der Waals surface area contributed by atoms with Crippen LogP contribution in [0, 0.1) is 0 Å². The molecule has 0 amide bonds. The fourth-order valence-electron chi connectivity index (χ4n) is 1.34. The summed E-state index contributed by atoms with van der Waals surface area (Å²) in [6.07, 6.45) is 1.73. The van der Waals surface area contributed by atoms with Crippen molar-refractivity contribution in [2.75, 3.05) is 25.4 Å². The Morgan fingerprint density at radius 3 is 2.65 bits per heavy atom. The summed E-state index contributed by atoms with van der Waals surface area (Å²) in [4.78, 5) is 13.6. The lowest BCUT2D eigenvalue weighted by Crippen LogP contribution is -2.22. The van der Waals surface area contributed by atoms with Crippen LogP contribution in [0.1, 0.15) is 17.3 Å². The van der Waals surface area contributed by atoms with Crippen molar-refractivity contribution in [3.8, 4) is 0 Å². The van der Waals surface area contributed by atoms with Gasteiger partial charge in [0.2, 0.25) is 0 Å². The lowest BCUT2D eigenvalue weighted by Gasteiger charge is -2.16. The van der Waals surface area contributed by atoms with Crippen LogP contribution in [0.5, 0.6) is 0 Å². The Labute approximate surface area is 102 Å². The van der Waals surface area contributed by atoms with Crippen molar-refractivity contribution >= 4 is 11.7 Å². The van der Waals surface area contributed by atoms with Crippen LogP contribution in [0.2, 0.25) is 0 Å². The SMILES string of the molecule is C=CN(CC)CCOC(=O)c1ccc(N)cc1. The summed E-state index contributed by atoms with van der Waals surface area (Å²) in [6, 6.07) is 6.67. The fraction of sp³-hybridized carbons (Fsp3) is 0.308. The quantitative estimate of drug-likeness (QED) is 0.603. The minimum Gasteiger partial charge on any atom is -0.460 e. The van der Waals surface area contributed by atoms with Crippen LogP contribution in [0.25, 0.3) is 0 Å². The van der Waals surface area contributed by atoms with Gasteiger partial charge in [-0.15, -0.1) is 0 Å². The van der Waals surface area contributed by atoms with Crippen molar-refractivity contribution in [3.63, 3.8) is 0 Å². The number of nitrogen functional groups attached to an aromatic ring is 1. The third-order valence-electron chi connectivity index (χ3n) is 2.42. The summed E-state index contributed by atoms with van der Waals surface area (Å²) >= 11 is 0. The molecule has 0 saturated carbocycles. The summed E-state index contributed by atoms with van der Waals surface area (Å²) in [5, 5.41) is 0. The Hall–Kier alpha value is -1.97. The van der Waals surface area contributed by atoms with E-state index in [2.05, 4.69) is 6.58 Å². The lowest BCUT2D eigenvalue weighted by atomic mass is 10.2. The van der Waals surface area contributed by atoms with Crippen LogP contribution < -0.4 is 5.73 Å². The van der Waals surface area contributed by atoms with E-state index >= 15 is 0 Å². The number of nitrogens with two attached hydrogens (primary N) is 1. The minimum atomic E-state index is -0.329. The Balaban J connectivity index is 2.39. The molecule has 1 aromatic carbocycles. The number of benzene rings is 1. The predicted molar refractivity (Wildman–Crippen MR) is 68.6 cm³/mol. The minimum absolute atomic E-state index is 0.329. The molecule has 1 rings (SSSR count). The van der Waals surface area contributed by atoms with E-state index in [1.54, 1.807) is 30.5 Å². The number of carbonyl (C=O) groups excluding carboxylic acids is 1. The van der Waals surface area contributed by atoms with E-state index in [1.807, 2.05) is 11.8 Å². The molecule has 0 heterocycles. The van der Waals surface area contributed by atoms with Gasteiger partial charge in [-0.2, -0.15) is 0 Å². The first kappa shape index (κ1) is 13.1. The second kappa shape index (κ2) is 6.58. The first-order valence-electron chi connectivity index (χ1n) is 5.56. The van der Waals surface area contributed by atoms with Crippen LogP contribution in [0.15, 0.2) is 37.0 Å². The van der Waals surface area contributed by atoms with E-state index in [9.17, 15) is 4.79 Å². The molecule has 4 heteroatoms. The van der Waals surface area contributed by atoms with Crippen molar-refractivity contribution < 1.29 is 9.53 Å². The predicted octanol–water partition coefficient (Wildman–Crippen LogP) is 1.89. The number of esters is 1. The molecule has 0 aliphatic rings. The molecule has 0 unspecified atom stereocenters. The van der Waals surface area contributed by atoms with Gasteiger partial charge in [0.05, 0.1) is 12.1 Å². The zero-order valence-electron chi connectivity index (χ0n) is 10.1. The van der Waals surface area contributed by atoms with Gasteiger partial charge in [-0.3, -0.25) is 0 Å². The molecule has 0 spiro atoms. The standard InChI is InChI=1S/C13H18N2O2/c1-3-15(4-2)9-10-17-13(16)11-5-7-12(14)8-6-11/h3,5-8H,1,4,9-10,14H2,2H3. The van der Waals surface area contributed by atoms with E-state index in [4.69, 9.17) is 10.5 Å². The Morgan fingerprint density at radius 1 is 1.47 bits per heavy atom. The summed E-state index contributed by atoms with van der Waals surface area (Å²) < 4.78 is 5.13. The van der Waals surface area contributed by atoms with Crippen molar-refractivity contribution in [2.24, 2.45) is 0 Å². The molecular formula is C13H18N2O2. The highest BCUT2D eigenvalue weighted by molar-refractivity contribution is 5.89. The Bertz CT molecular complexity index is 374. The number of anilines is 1. The molecule has 0 radical (unpaired) electrons. The number of hydrogen-bond acceptors (Lipinski definition) is 4. The van der Waals surface area contributed by atoms with E-state index in [1.165, 1.54) is 0 Å². The largest absolute Gasteiger partial charge is 0.460 e. The maximum absolute atomic E-state index is 11.6. The summed E-state index contributed by atoms with van der Waals surface area (Å²) in [6.45, 7) is 7.54. The molecule has 2 N–H and O–H groups in total. The van der Waals surface area contributed by atoms with Crippen LogP contribution in [0.4, 0.5) is 5.69 Å². The summed E-state index contributed by atoms with van der Waals surface area (Å²) in [5.74, 6) is -0.329. The molecule has 92 valence electrons. The zero-order valence-corrected chi connectivity index (χ0v) is 10.1. The van der Waals surface area contributed by atoms with Gasteiger partial charge in [-0.1, -0.05) is 6.58 Å². The first-order chi connectivity index (χ1) is 8.17. The third kappa shape index (κ3) is 4.18. The Kier molecular flexibility index (Phi) is 5.07. The van der Waals surface area contributed by atoms with E-state index < -0.39 is 0 Å². The molecule has 0 bridgehead atoms. The van der Waals surface area contributed by atoms with Crippen molar-refractivity contribution in [1.82, 2.24) is 4.90 Å². The number of rotatable bonds is 6. The highest BCUT2D eigenvalue weighted by Gasteiger charge is 2.06. The fourth-order valence-corrected chi connectivity index (χ4v) is 1.34. The summed E-state index contributed by atoms with van der Waals surface area (Å²) in [5.41, 5.74) is 6.68. The maximum Gasteiger partial charge on any atom is 0.338 e. The van der Waals surface area contributed by atoms with Gasteiger partial charge in [0.25, 0.3) is 0 Å². The number of hydrogen-bond donors (Lipinski definition) is 1. The topological polar surface area (TPSA) is 55.6 Å². The molecule has 0 aromatic heterocycles. The monoisotopic (exact) mass is 234 g/mol.